The Hall–Kier alpha value is -1.21. The molecule has 0 aliphatic heterocycles. The third-order valence-corrected chi connectivity index (χ3v) is 6.14. The van der Waals surface area contributed by atoms with Crippen molar-refractivity contribution in [2.24, 2.45) is 5.92 Å². The lowest BCUT2D eigenvalue weighted by molar-refractivity contribution is 0.455. The number of rotatable bonds is 4. The van der Waals surface area contributed by atoms with Gasteiger partial charge < -0.3 is 0 Å². The van der Waals surface area contributed by atoms with Crippen LogP contribution in [0.1, 0.15) is 37.7 Å². The summed E-state index contributed by atoms with van der Waals surface area (Å²) in [5.41, 5.74) is 2.95. The first-order valence-corrected chi connectivity index (χ1v) is 9.25. The summed E-state index contributed by atoms with van der Waals surface area (Å²) < 4.78 is 0.0785. The summed E-state index contributed by atoms with van der Waals surface area (Å²) >= 11 is 2.01. The summed E-state index contributed by atoms with van der Waals surface area (Å²) in [6.45, 7) is 0. The first-order valence-electron chi connectivity index (χ1n) is 8.02. The van der Waals surface area contributed by atoms with E-state index < -0.39 is 0 Å². The lowest BCUT2D eigenvalue weighted by atomic mass is 9.74. The van der Waals surface area contributed by atoms with Gasteiger partial charge in [-0.2, -0.15) is 0 Å². The quantitative estimate of drug-likeness (QED) is 0.625. The lowest BCUT2D eigenvalue weighted by Crippen LogP contribution is -2.34. The van der Waals surface area contributed by atoms with E-state index in [2.05, 4.69) is 67.0 Å². The Balaban J connectivity index is 2.12. The molecule has 21 heavy (non-hydrogen) atoms. The molecule has 3 rings (SSSR count). The molecule has 0 bridgehead atoms. The molecule has 0 heterocycles. The van der Waals surface area contributed by atoms with Crippen LogP contribution < -0.4 is 0 Å². The summed E-state index contributed by atoms with van der Waals surface area (Å²) in [5, 5.41) is 0. The van der Waals surface area contributed by atoms with Crippen LogP contribution in [0.3, 0.4) is 0 Å². The van der Waals surface area contributed by atoms with Crippen molar-refractivity contribution >= 4 is 11.8 Å². The molecule has 2 aliphatic rings. The van der Waals surface area contributed by atoms with E-state index in [0.717, 1.165) is 0 Å². The lowest BCUT2D eigenvalue weighted by Gasteiger charge is -2.42. The summed E-state index contributed by atoms with van der Waals surface area (Å²) in [5.74, 6) is 0.595. The van der Waals surface area contributed by atoms with Gasteiger partial charge >= 0.3 is 0 Å². The molecule has 110 valence electrons. The minimum absolute atomic E-state index is 0.0785. The minimum atomic E-state index is 0.0785. The maximum absolute atomic E-state index is 2.47. The first kappa shape index (κ1) is 14.7. The fourth-order valence-corrected chi connectivity index (χ4v) is 4.97. The Kier molecular flexibility index (Phi) is 4.70. The second-order valence-corrected chi connectivity index (χ2v) is 6.96. The van der Waals surface area contributed by atoms with Gasteiger partial charge in [-0.05, 0) is 55.4 Å². The molecule has 0 amide bonds. The number of hydrogen-bond acceptors (Lipinski definition) is 1. The van der Waals surface area contributed by atoms with Crippen molar-refractivity contribution < 1.29 is 0 Å². The van der Waals surface area contributed by atoms with Gasteiger partial charge in [-0.1, -0.05) is 60.7 Å². The Labute approximate surface area is 133 Å². The van der Waals surface area contributed by atoms with Crippen molar-refractivity contribution in [1.29, 1.82) is 0 Å². The summed E-state index contributed by atoms with van der Waals surface area (Å²) in [4.78, 5) is 0. The smallest absolute Gasteiger partial charge is 0.0713 e. The van der Waals surface area contributed by atoms with Crippen molar-refractivity contribution in [3.05, 3.63) is 71.8 Å². The molecular weight excluding hydrogens is 272 g/mol. The fraction of sp³-hybridized carbons (Fsp3) is 0.400. The molecule has 0 aromatic heterocycles. The molecule has 2 aliphatic carbocycles. The first-order chi connectivity index (χ1) is 10.4. The topological polar surface area (TPSA) is 0 Å². The monoisotopic (exact) mass is 296 g/mol. The highest BCUT2D eigenvalue weighted by Crippen LogP contribution is 2.52. The largest absolute Gasteiger partial charge is 0.148 e. The van der Waals surface area contributed by atoms with Crippen LogP contribution in [-0.4, -0.2) is 6.26 Å². The zero-order chi connectivity index (χ0) is 14.5. The average Bonchev–Trinajstić information content (AvgIpc) is 2.59. The van der Waals surface area contributed by atoms with Crippen LogP contribution in [0.25, 0.3) is 0 Å². The van der Waals surface area contributed by atoms with Crippen LogP contribution in [0, 0.1) is 5.92 Å². The van der Waals surface area contributed by atoms with Crippen molar-refractivity contribution in [1.82, 2.24) is 0 Å². The molecule has 0 nitrogen and oxygen atoms in total. The van der Waals surface area contributed by atoms with Crippen molar-refractivity contribution in [2.75, 3.05) is 6.26 Å². The number of allylic oxidation sites excluding steroid dienone is 5. The highest BCUT2D eigenvalue weighted by Gasteiger charge is 2.41. The third kappa shape index (κ3) is 2.76. The van der Waals surface area contributed by atoms with Crippen molar-refractivity contribution in [3.63, 3.8) is 0 Å². The average molecular weight is 296 g/mol. The zero-order valence-electron chi connectivity index (χ0n) is 12.8. The molecule has 2 unspecified atom stereocenters. The van der Waals surface area contributed by atoms with Gasteiger partial charge in [0.05, 0.1) is 4.75 Å². The predicted octanol–water partition coefficient (Wildman–Crippen LogP) is 5.88. The normalized spacial score (nSPS) is 24.4. The summed E-state index contributed by atoms with van der Waals surface area (Å²) in [6, 6.07) is 11.1. The van der Waals surface area contributed by atoms with Crippen LogP contribution in [0.15, 0.2) is 66.3 Å². The molecule has 2 atom stereocenters. The Morgan fingerprint density at radius 3 is 2.52 bits per heavy atom. The van der Waals surface area contributed by atoms with Crippen molar-refractivity contribution in [2.45, 2.75) is 36.9 Å². The summed E-state index contributed by atoms with van der Waals surface area (Å²) in [6.07, 6.45) is 20.5. The molecular formula is C20H24S. The number of benzene rings is 1. The van der Waals surface area contributed by atoms with Gasteiger partial charge in [0.2, 0.25) is 0 Å². The van der Waals surface area contributed by atoms with Gasteiger partial charge in [-0.25, -0.2) is 0 Å². The van der Waals surface area contributed by atoms with Crippen LogP contribution in [-0.2, 0) is 4.75 Å². The molecule has 1 aromatic carbocycles. The van der Waals surface area contributed by atoms with E-state index in [1.807, 2.05) is 11.8 Å². The molecule has 0 saturated carbocycles. The second kappa shape index (κ2) is 6.70. The molecule has 0 N–H and O–H groups in total. The highest BCUT2D eigenvalue weighted by molar-refractivity contribution is 7.99. The third-order valence-electron chi connectivity index (χ3n) is 4.72. The van der Waals surface area contributed by atoms with E-state index in [0.29, 0.717) is 5.92 Å². The van der Waals surface area contributed by atoms with Gasteiger partial charge in [0, 0.05) is 0 Å². The Morgan fingerprint density at radius 2 is 1.90 bits per heavy atom. The molecule has 0 radical (unpaired) electrons. The van der Waals surface area contributed by atoms with Gasteiger partial charge in [0.15, 0.2) is 0 Å². The predicted molar refractivity (Wildman–Crippen MR) is 94.6 cm³/mol. The SMILES string of the molecule is CSC(C1=CCCC=C1)(c1ccccc1)C1C=CCCC1. The standard InChI is InChI=1S/C20H24S/c1-21-20(17-11-5-2-6-12-17,18-13-7-3-8-14-18)19-15-9-4-10-16-19/h2,5-7,9,11-15,19H,3-4,8,10,16H2,1H3. The van der Waals surface area contributed by atoms with E-state index in [-0.39, 0.29) is 4.75 Å². The summed E-state index contributed by atoms with van der Waals surface area (Å²) in [7, 11) is 0. The Morgan fingerprint density at radius 1 is 1.05 bits per heavy atom. The van der Waals surface area contributed by atoms with E-state index in [9.17, 15) is 0 Å². The fourth-order valence-electron chi connectivity index (χ4n) is 3.71. The van der Waals surface area contributed by atoms with Crippen LogP contribution in [0.2, 0.25) is 0 Å². The zero-order valence-corrected chi connectivity index (χ0v) is 13.6. The minimum Gasteiger partial charge on any atom is -0.148 e. The number of thioether (sulfide) groups is 1. The maximum atomic E-state index is 2.47. The van der Waals surface area contributed by atoms with E-state index in [1.54, 1.807) is 0 Å². The highest BCUT2D eigenvalue weighted by atomic mass is 32.2. The Bertz CT molecular complexity index is 552. The maximum Gasteiger partial charge on any atom is 0.0713 e. The van der Waals surface area contributed by atoms with Crippen molar-refractivity contribution in [3.8, 4) is 0 Å². The van der Waals surface area contributed by atoms with Crippen LogP contribution in [0.5, 0.6) is 0 Å². The van der Waals surface area contributed by atoms with Crippen LogP contribution in [0.4, 0.5) is 0 Å². The number of hydrogen-bond donors (Lipinski definition) is 0. The van der Waals surface area contributed by atoms with E-state index in [1.165, 1.54) is 43.2 Å². The molecule has 1 heteroatoms. The van der Waals surface area contributed by atoms with Gasteiger partial charge in [-0.3, -0.25) is 0 Å². The molecule has 0 saturated heterocycles. The van der Waals surface area contributed by atoms with Gasteiger partial charge in [0.1, 0.15) is 0 Å². The van der Waals surface area contributed by atoms with Gasteiger partial charge in [-0.15, -0.1) is 11.8 Å². The van der Waals surface area contributed by atoms with Crippen LogP contribution >= 0.6 is 11.8 Å². The second-order valence-electron chi connectivity index (χ2n) is 5.91. The molecule has 0 fully saturated rings. The van der Waals surface area contributed by atoms with E-state index >= 15 is 0 Å². The van der Waals surface area contributed by atoms with E-state index in [4.69, 9.17) is 0 Å². The van der Waals surface area contributed by atoms with Gasteiger partial charge in [0.25, 0.3) is 0 Å². The molecule has 1 aromatic rings. The molecule has 0 spiro atoms.